The molecule has 1 aliphatic heterocycles. The highest BCUT2D eigenvalue weighted by molar-refractivity contribution is 5.57. The van der Waals surface area contributed by atoms with Crippen molar-refractivity contribution in [3.8, 4) is 0 Å². The summed E-state index contributed by atoms with van der Waals surface area (Å²) in [7, 11) is 0. The molecule has 7 heavy (non-hydrogen) atoms. The van der Waals surface area contributed by atoms with Gasteiger partial charge in [-0.15, -0.1) is 0 Å². The first-order valence-electron chi connectivity index (χ1n) is 2.80. The number of rotatable bonds is 0. The molecule has 0 N–H and O–H groups in total. The highest BCUT2D eigenvalue weighted by Crippen LogP contribution is 2.00. The van der Waals surface area contributed by atoms with Crippen LogP contribution in [-0.2, 0) is 0 Å². The quantitative estimate of drug-likeness (QED) is 0.432. The van der Waals surface area contributed by atoms with Crippen molar-refractivity contribution in [2.24, 2.45) is 4.99 Å². The summed E-state index contributed by atoms with van der Waals surface area (Å²) in [5, 5.41) is 0. The van der Waals surface area contributed by atoms with Crippen molar-refractivity contribution in [3.63, 3.8) is 0 Å². The Bertz CT molecular complexity index is 58.6. The van der Waals surface area contributed by atoms with Crippen molar-refractivity contribution in [2.45, 2.75) is 19.3 Å². The Morgan fingerprint density at radius 2 is 2.14 bits per heavy atom. The highest BCUT2D eigenvalue weighted by Gasteiger charge is 1.89. The molecule has 0 aromatic heterocycles. The van der Waals surface area contributed by atoms with Gasteiger partial charge >= 0.3 is 0 Å². The van der Waals surface area contributed by atoms with Crippen molar-refractivity contribution in [2.75, 3.05) is 6.54 Å². The monoisotopic (exact) mass is 96.1 g/mol. The molecule has 0 saturated carbocycles. The van der Waals surface area contributed by atoms with Gasteiger partial charge in [0.05, 0.1) is 0 Å². The lowest BCUT2D eigenvalue weighted by Gasteiger charge is -1.84. The van der Waals surface area contributed by atoms with Gasteiger partial charge in [-0.25, -0.2) is 0 Å². The van der Waals surface area contributed by atoms with Crippen LogP contribution >= 0.6 is 0 Å². The number of hydrogen-bond acceptors (Lipinski definition) is 1. The van der Waals surface area contributed by atoms with E-state index in [0.717, 1.165) is 13.0 Å². The minimum absolute atomic E-state index is 1.01. The average molecular weight is 96.2 g/mol. The molecular weight excluding hydrogens is 86.1 g/mol. The summed E-state index contributed by atoms with van der Waals surface area (Å²) >= 11 is 0. The zero-order valence-electron chi connectivity index (χ0n) is 4.43. The van der Waals surface area contributed by atoms with Crippen LogP contribution < -0.4 is 0 Å². The van der Waals surface area contributed by atoms with Gasteiger partial charge in [0.1, 0.15) is 0 Å². The van der Waals surface area contributed by atoms with Crippen molar-refractivity contribution in [1.82, 2.24) is 0 Å². The van der Waals surface area contributed by atoms with E-state index in [4.69, 9.17) is 0 Å². The van der Waals surface area contributed by atoms with Crippen LogP contribution in [0.4, 0.5) is 0 Å². The van der Waals surface area contributed by atoms with Gasteiger partial charge in [0.2, 0.25) is 0 Å². The summed E-state index contributed by atoms with van der Waals surface area (Å²) in [6.45, 7) is 1.01. The number of nitrogens with zero attached hydrogens (tertiary/aromatic N) is 1. The maximum absolute atomic E-state index is 4.11. The van der Waals surface area contributed by atoms with Gasteiger partial charge in [0.25, 0.3) is 0 Å². The van der Waals surface area contributed by atoms with Gasteiger partial charge in [-0.1, -0.05) is 0 Å². The lowest BCUT2D eigenvalue weighted by molar-refractivity contribution is 0.903. The molecule has 1 nitrogen and oxygen atoms in total. The van der Waals surface area contributed by atoms with Crippen molar-refractivity contribution >= 4 is 6.21 Å². The Balaban J connectivity index is 2.20. The second-order valence-corrected chi connectivity index (χ2v) is 1.74. The molecule has 0 bridgehead atoms. The van der Waals surface area contributed by atoms with Crippen molar-refractivity contribution < 1.29 is 0 Å². The molecule has 1 aliphatic rings. The Labute approximate surface area is 44.5 Å². The molecule has 1 heteroatoms. The molecule has 0 spiro atoms. The van der Waals surface area contributed by atoms with Gasteiger partial charge in [-0.3, -0.25) is 4.99 Å². The SMILES string of the molecule is [CH]1CCC=NCC1. The van der Waals surface area contributed by atoms with E-state index >= 15 is 0 Å². The smallest absolute Gasteiger partial charge is 0.0388 e. The van der Waals surface area contributed by atoms with Gasteiger partial charge < -0.3 is 0 Å². The van der Waals surface area contributed by atoms with E-state index in [1.807, 2.05) is 6.21 Å². The van der Waals surface area contributed by atoms with E-state index in [0.29, 0.717) is 0 Å². The first-order valence-corrected chi connectivity index (χ1v) is 2.80. The fourth-order valence-electron chi connectivity index (χ4n) is 0.685. The minimum atomic E-state index is 1.01. The normalized spacial score (nSPS) is 21.7. The van der Waals surface area contributed by atoms with Gasteiger partial charge in [-0.2, -0.15) is 0 Å². The molecule has 0 fully saturated rings. The molecule has 39 valence electrons. The Hall–Kier alpha value is -0.330. The van der Waals surface area contributed by atoms with E-state index in [9.17, 15) is 0 Å². The third-order valence-corrected chi connectivity index (χ3v) is 1.09. The summed E-state index contributed by atoms with van der Waals surface area (Å²) in [6.07, 6.45) is 7.87. The van der Waals surface area contributed by atoms with Gasteiger partial charge in [-0.05, 0) is 31.9 Å². The topological polar surface area (TPSA) is 12.4 Å². The van der Waals surface area contributed by atoms with Crippen LogP contribution in [0.3, 0.4) is 0 Å². The first kappa shape index (κ1) is 4.82. The zero-order valence-corrected chi connectivity index (χ0v) is 4.43. The van der Waals surface area contributed by atoms with E-state index < -0.39 is 0 Å². The molecule has 1 radical (unpaired) electrons. The molecule has 0 atom stereocenters. The summed E-state index contributed by atoms with van der Waals surface area (Å²) in [4.78, 5) is 4.11. The Morgan fingerprint density at radius 1 is 1.14 bits per heavy atom. The van der Waals surface area contributed by atoms with E-state index in [2.05, 4.69) is 11.4 Å². The molecule has 0 aromatic rings. The summed E-state index contributed by atoms with van der Waals surface area (Å²) in [5.74, 6) is 0. The van der Waals surface area contributed by atoms with Crippen LogP contribution in [0, 0.1) is 6.42 Å². The van der Waals surface area contributed by atoms with Crippen LogP contribution in [-0.4, -0.2) is 12.8 Å². The minimum Gasteiger partial charge on any atom is -0.298 e. The average Bonchev–Trinajstić information content (AvgIpc) is 1.90. The van der Waals surface area contributed by atoms with Crippen LogP contribution in [0.25, 0.3) is 0 Å². The maximum atomic E-state index is 4.11. The number of hydrogen-bond donors (Lipinski definition) is 0. The lowest BCUT2D eigenvalue weighted by Crippen LogP contribution is -1.75. The number of aliphatic imine (C=N–C) groups is 1. The van der Waals surface area contributed by atoms with Crippen LogP contribution in [0.15, 0.2) is 4.99 Å². The molecule has 0 saturated heterocycles. The zero-order chi connectivity index (χ0) is 4.95. The molecule has 0 unspecified atom stereocenters. The lowest BCUT2D eigenvalue weighted by atomic mass is 10.2. The largest absolute Gasteiger partial charge is 0.298 e. The molecule has 0 aliphatic carbocycles. The van der Waals surface area contributed by atoms with Crippen LogP contribution in [0.1, 0.15) is 19.3 Å². The standard InChI is InChI=1S/C6H10N/c1-2-4-6-7-5-3-1/h1,6H,2-5H2. The highest BCUT2D eigenvalue weighted by atomic mass is 14.7. The first-order chi connectivity index (χ1) is 3.50. The third kappa shape index (κ3) is 1.72. The predicted molar refractivity (Wildman–Crippen MR) is 31.5 cm³/mol. The molecule has 0 amide bonds. The molecular formula is C6H10N. The van der Waals surface area contributed by atoms with Gasteiger partial charge in [0, 0.05) is 6.54 Å². The molecule has 1 rings (SSSR count). The van der Waals surface area contributed by atoms with Gasteiger partial charge in [0.15, 0.2) is 0 Å². The van der Waals surface area contributed by atoms with Crippen LogP contribution in [0.5, 0.6) is 0 Å². The molecule has 0 aromatic carbocycles. The Morgan fingerprint density at radius 3 is 3.14 bits per heavy atom. The van der Waals surface area contributed by atoms with Crippen LogP contribution in [0.2, 0.25) is 0 Å². The fraction of sp³-hybridized carbons (Fsp3) is 0.667. The predicted octanol–water partition coefficient (Wildman–Crippen LogP) is 1.45. The van der Waals surface area contributed by atoms with E-state index in [1.54, 1.807) is 0 Å². The second-order valence-electron chi connectivity index (χ2n) is 1.74. The second kappa shape index (κ2) is 2.78. The van der Waals surface area contributed by atoms with Crippen molar-refractivity contribution in [1.29, 1.82) is 0 Å². The fourth-order valence-corrected chi connectivity index (χ4v) is 0.685. The summed E-state index contributed by atoms with van der Waals surface area (Å²) in [6, 6.07) is 0. The summed E-state index contributed by atoms with van der Waals surface area (Å²) in [5.41, 5.74) is 0. The van der Waals surface area contributed by atoms with Crippen molar-refractivity contribution in [3.05, 3.63) is 6.42 Å². The summed E-state index contributed by atoms with van der Waals surface area (Å²) < 4.78 is 0. The third-order valence-electron chi connectivity index (χ3n) is 1.09. The molecule has 1 heterocycles. The van der Waals surface area contributed by atoms with E-state index in [-0.39, 0.29) is 0 Å². The van der Waals surface area contributed by atoms with E-state index in [1.165, 1.54) is 12.8 Å². The Kier molecular flexibility index (Phi) is 1.91. The maximum Gasteiger partial charge on any atom is 0.0388 e.